The van der Waals surface area contributed by atoms with Crippen molar-refractivity contribution in [1.82, 2.24) is 0 Å². The Labute approximate surface area is 179 Å². The van der Waals surface area contributed by atoms with E-state index in [-0.39, 0.29) is 21.4 Å². The van der Waals surface area contributed by atoms with Crippen LogP contribution in [0.4, 0.5) is 13.2 Å². The van der Waals surface area contributed by atoms with Crippen molar-refractivity contribution in [3.8, 4) is 11.5 Å². The van der Waals surface area contributed by atoms with Gasteiger partial charge in [0.1, 0.15) is 16.5 Å². The van der Waals surface area contributed by atoms with Crippen LogP contribution in [-0.4, -0.2) is 28.8 Å². The highest BCUT2D eigenvalue weighted by molar-refractivity contribution is 6.43. The summed E-state index contributed by atoms with van der Waals surface area (Å²) in [5.74, 6) is -2.08. The van der Waals surface area contributed by atoms with Crippen LogP contribution < -0.4 is 9.47 Å². The van der Waals surface area contributed by atoms with Gasteiger partial charge in [0.25, 0.3) is 0 Å². The van der Waals surface area contributed by atoms with E-state index >= 15 is 0 Å². The van der Waals surface area contributed by atoms with Crippen LogP contribution in [0.2, 0.25) is 10.0 Å². The standard InChI is InChI=1S/C20H15Cl2F3O5/c1-19(2,18(27)28)30-15-10-6-12(16(21)17(15)22)5-9-14(26)11-3-7-13(8-4-11)29-20(23,24)25/h3-10H,1-2H3,(H,27,28)/b9-5+. The maximum Gasteiger partial charge on any atom is 0.573 e. The number of carbonyl (C=O) groups excluding carboxylic acids is 1. The van der Waals surface area contributed by atoms with E-state index in [1.165, 1.54) is 50.3 Å². The molecule has 0 saturated carbocycles. The maximum absolute atomic E-state index is 12.2. The summed E-state index contributed by atoms with van der Waals surface area (Å²) in [6.07, 6.45) is -2.29. The van der Waals surface area contributed by atoms with Gasteiger partial charge in [0, 0.05) is 5.56 Å². The monoisotopic (exact) mass is 462 g/mol. The van der Waals surface area contributed by atoms with Crippen LogP contribution in [-0.2, 0) is 4.79 Å². The predicted octanol–water partition coefficient (Wildman–Crippen LogP) is 6.03. The molecule has 2 aromatic carbocycles. The molecule has 30 heavy (non-hydrogen) atoms. The molecule has 0 radical (unpaired) electrons. The van der Waals surface area contributed by atoms with Crippen molar-refractivity contribution in [3.05, 3.63) is 63.6 Å². The summed E-state index contributed by atoms with van der Waals surface area (Å²) in [5.41, 5.74) is -1.05. The first kappa shape index (κ1) is 23.6. The molecule has 10 heteroatoms. The number of aliphatic carboxylic acids is 1. The van der Waals surface area contributed by atoms with Gasteiger partial charge in [-0.2, -0.15) is 0 Å². The Morgan fingerprint density at radius 3 is 2.10 bits per heavy atom. The fraction of sp³-hybridized carbons (Fsp3) is 0.200. The van der Waals surface area contributed by atoms with E-state index < -0.39 is 29.5 Å². The molecule has 0 fully saturated rings. The third-order valence-electron chi connectivity index (χ3n) is 3.74. The first-order valence-electron chi connectivity index (χ1n) is 8.29. The molecular formula is C20H15Cl2F3O5. The van der Waals surface area contributed by atoms with Crippen LogP contribution >= 0.6 is 23.2 Å². The van der Waals surface area contributed by atoms with Crippen LogP contribution in [0, 0.1) is 0 Å². The molecule has 5 nitrogen and oxygen atoms in total. The highest BCUT2D eigenvalue weighted by atomic mass is 35.5. The summed E-state index contributed by atoms with van der Waals surface area (Å²) < 4.78 is 45.6. The van der Waals surface area contributed by atoms with Crippen molar-refractivity contribution in [2.75, 3.05) is 0 Å². The fourth-order valence-electron chi connectivity index (χ4n) is 2.16. The van der Waals surface area contributed by atoms with Crippen molar-refractivity contribution >= 4 is 41.0 Å². The van der Waals surface area contributed by atoms with Crippen LogP contribution in [0.25, 0.3) is 6.08 Å². The van der Waals surface area contributed by atoms with Crippen molar-refractivity contribution in [3.63, 3.8) is 0 Å². The van der Waals surface area contributed by atoms with Crippen molar-refractivity contribution in [2.24, 2.45) is 0 Å². The Morgan fingerprint density at radius 2 is 1.57 bits per heavy atom. The van der Waals surface area contributed by atoms with Crippen LogP contribution in [0.3, 0.4) is 0 Å². The third-order valence-corrected chi connectivity index (χ3v) is 4.62. The number of benzene rings is 2. The molecule has 160 valence electrons. The number of hydrogen-bond acceptors (Lipinski definition) is 4. The number of ether oxygens (including phenoxy) is 2. The Hall–Kier alpha value is -2.71. The number of ketones is 1. The number of carboxylic acid groups (broad SMARTS) is 1. The van der Waals surface area contributed by atoms with Gasteiger partial charge in [0.05, 0.1) is 5.02 Å². The van der Waals surface area contributed by atoms with E-state index in [2.05, 4.69) is 4.74 Å². The van der Waals surface area contributed by atoms with Gasteiger partial charge >= 0.3 is 12.3 Å². The topological polar surface area (TPSA) is 72.8 Å². The number of carbonyl (C=O) groups is 2. The van der Waals surface area contributed by atoms with Crippen LogP contribution in [0.15, 0.2) is 42.5 Å². The smallest absolute Gasteiger partial charge is 0.478 e. The zero-order valence-corrected chi connectivity index (χ0v) is 17.1. The largest absolute Gasteiger partial charge is 0.573 e. The molecule has 0 aliphatic heterocycles. The van der Waals surface area contributed by atoms with Gasteiger partial charge in [-0.1, -0.05) is 23.2 Å². The number of halogens is 5. The lowest BCUT2D eigenvalue weighted by molar-refractivity contribution is -0.274. The highest BCUT2D eigenvalue weighted by Crippen LogP contribution is 2.37. The van der Waals surface area contributed by atoms with E-state index in [0.717, 1.165) is 12.1 Å². The molecule has 0 aromatic heterocycles. The first-order valence-corrected chi connectivity index (χ1v) is 9.04. The minimum absolute atomic E-state index is 0.0331. The minimum Gasteiger partial charge on any atom is -0.478 e. The van der Waals surface area contributed by atoms with Gasteiger partial charge in [0.15, 0.2) is 11.4 Å². The predicted molar refractivity (Wildman–Crippen MR) is 105 cm³/mol. The molecular weight excluding hydrogens is 448 g/mol. The lowest BCUT2D eigenvalue weighted by atomic mass is 10.1. The lowest BCUT2D eigenvalue weighted by Crippen LogP contribution is -2.37. The molecule has 0 atom stereocenters. The van der Waals surface area contributed by atoms with Crippen molar-refractivity contribution in [1.29, 1.82) is 0 Å². The SMILES string of the molecule is CC(C)(Oc1ccc(/C=C/C(=O)c2ccc(OC(F)(F)F)cc2)c(Cl)c1Cl)C(=O)O. The molecule has 2 aromatic rings. The molecule has 0 heterocycles. The van der Waals surface area contributed by atoms with Gasteiger partial charge in [-0.05, 0) is 68.0 Å². The van der Waals surface area contributed by atoms with E-state index in [4.69, 9.17) is 33.0 Å². The van der Waals surface area contributed by atoms with E-state index in [9.17, 15) is 22.8 Å². The van der Waals surface area contributed by atoms with E-state index in [0.29, 0.717) is 5.56 Å². The number of rotatable bonds is 7. The lowest BCUT2D eigenvalue weighted by Gasteiger charge is -2.22. The number of carboxylic acids is 1. The zero-order chi connectivity index (χ0) is 22.7. The summed E-state index contributed by atoms with van der Waals surface area (Å²) in [5, 5.41) is 9.13. The van der Waals surface area contributed by atoms with Crippen molar-refractivity contribution in [2.45, 2.75) is 25.8 Å². The minimum atomic E-state index is -4.82. The molecule has 2 rings (SSSR count). The normalized spacial score (nSPS) is 12.1. The van der Waals surface area contributed by atoms with E-state index in [1.807, 2.05) is 0 Å². The second-order valence-electron chi connectivity index (χ2n) is 6.47. The first-order chi connectivity index (χ1) is 13.8. The molecule has 0 bridgehead atoms. The molecule has 1 N–H and O–H groups in total. The Balaban J connectivity index is 2.16. The Morgan fingerprint density at radius 1 is 0.967 bits per heavy atom. The molecule has 0 saturated heterocycles. The van der Waals surface area contributed by atoms with Gasteiger partial charge in [-0.3, -0.25) is 4.79 Å². The molecule has 0 aliphatic carbocycles. The summed E-state index contributed by atoms with van der Waals surface area (Å²) in [7, 11) is 0. The van der Waals surface area contributed by atoms with Gasteiger partial charge in [0.2, 0.25) is 0 Å². The molecule has 0 aliphatic rings. The summed E-state index contributed by atoms with van der Waals surface area (Å²) in [6, 6.07) is 7.31. The van der Waals surface area contributed by atoms with E-state index in [1.54, 1.807) is 0 Å². The van der Waals surface area contributed by atoms with Crippen LogP contribution in [0.5, 0.6) is 11.5 Å². The van der Waals surface area contributed by atoms with Gasteiger partial charge < -0.3 is 14.6 Å². The summed E-state index contributed by atoms with van der Waals surface area (Å²) >= 11 is 12.3. The number of allylic oxidation sites excluding steroid dienone is 1. The van der Waals surface area contributed by atoms with Gasteiger partial charge in [-0.25, -0.2) is 4.79 Å². The van der Waals surface area contributed by atoms with Crippen molar-refractivity contribution < 1.29 is 37.3 Å². The maximum atomic E-state index is 12.2. The highest BCUT2D eigenvalue weighted by Gasteiger charge is 2.31. The second-order valence-corrected chi connectivity index (χ2v) is 7.22. The van der Waals surface area contributed by atoms with Crippen LogP contribution in [0.1, 0.15) is 29.8 Å². The Kier molecular flexibility index (Phi) is 7.05. The third kappa shape index (κ3) is 6.14. The number of hydrogen-bond donors (Lipinski definition) is 1. The molecule has 0 amide bonds. The second kappa shape index (κ2) is 8.97. The zero-order valence-electron chi connectivity index (χ0n) is 15.6. The quantitative estimate of drug-likeness (QED) is 0.401. The average Bonchev–Trinajstić information content (AvgIpc) is 2.63. The molecule has 0 unspecified atom stereocenters. The number of alkyl halides is 3. The average molecular weight is 463 g/mol. The molecule has 0 spiro atoms. The van der Waals surface area contributed by atoms with Gasteiger partial charge in [-0.15, -0.1) is 13.2 Å². The Bertz CT molecular complexity index is 983. The fourth-order valence-corrected chi connectivity index (χ4v) is 2.59. The summed E-state index contributed by atoms with van der Waals surface area (Å²) in [6.45, 7) is 2.69. The summed E-state index contributed by atoms with van der Waals surface area (Å²) in [4.78, 5) is 23.4.